The Morgan fingerprint density at radius 1 is 1.00 bits per heavy atom. The lowest BCUT2D eigenvalue weighted by Gasteiger charge is -2.08. The Balaban J connectivity index is 1.70. The third kappa shape index (κ3) is 5.28. The van der Waals surface area contributed by atoms with Crippen molar-refractivity contribution in [3.8, 4) is 17.6 Å². The molecule has 0 saturated carbocycles. The Labute approximate surface area is 166 Å². The zero-order valence-corrected chi connectivity index (χ0v) is 15.1. The van der Waals surface area contributed by atoms with Gasteiger partial charge in [-0.05, 0) is 48.0 Å². The van der Waals surface area contributed by atoms with E-state index in [-0.39, 0.29) is 11.3 Å². The quantitative estimate of drug-likeness (QED) is 0.280. The largest absolute Gasteiger partial charge is 0.457 e. The number of para-hydroxylation sites is 1. The van der Waals surface area contributed by atoms with Gasteiger partial charge in [-0.3, -0.25) is 14.9 Å². The number of hydrogen-bond acceptors (Lipinski definition) is 5. The Bertz CT molecular complexity index is 1100. The van der Waals surface area contributed by atoms with Gasteiger partial charge in [-0.1, -0.05) is 30.3 Å². The second-order valence-electron chi connectivity index (χ2n) is 5.92. The third-order valence-corrected chi connectivity index (χ3v) is 3.85. The molecule has 3 aromatic carbocycles. The summed E-state index contributed by atoms with van der Waals surface area (Å²) in [6.45, 7) is 0. The lowest BCUT2D eigenvalue weighted by atomic mass is 10.1. The van der Waals surface area contributed by atoms with E-state index in [1.807, 2.05) is 36.4 Å². The molecule has 1 amide bonds. The number of nitro benzene ring substituents is 1. The fourth-order valence-electron chi connectivity index (χ4n) is 2.47. The molecule has 142 valence electrons. The number of nitro groups is 1. The molecule has 0 aliphatic rings. The molecule has 0 atom stereocenters. The van der Waals surface area contributed by atoms with Crippen LogP contribution in [-0.2, 0) is 4.79 Å². The number of carbonyl (C=O) groups is 1. The second-order valence-corrected chi connectivity index (χ2v) is 5.92. The molecule has 0 aliphatic heterocycles. The molecule has 7 nitrogen and oxygen atoms in total. The number of anilines is 1. The number of amides is 1. The van der Waals surface area contributed by atoms with E-state index in [4.69, 9.17) is 4.74 Å². The van der Waals surface area contributed by atoms with Crippen molar-refractivity contribution in [3.63, 3.8) is 0 Å². The van der Waals surface area contributed by atoms with Crippen molar-refractivity contribution in [2.75, 3.05) is 5.32 Å². The number of nitrogens with one attached hydrogen (secondary N) is 1. The molecule has 0 bridgehead atoms. The summed E-state index contributed by atoms with van der Waals surface area (Å²) in [6.07, 6.45) is 1.30. The van der Waals surface area contributed by atoms with Gasteiger partial charge < -0.3 is 10.1 Å². The summed E-state index contributed by atoms with van der Waals surface area (Å²) in [6, 6.07) is 23.5. The maximum absolute atomic E-state index is 12.4. The normalized spacial score (nSPS) is 10.7. The first-order chi connectivity index (χ1) is 14.0. The van der Waals surface area contributed by atoms with E-state index in [2.05, 4.69) is 5.32 Å². The van der Waals surface area contributed by atoms with Crippen molar-refractivity contribution < 1.29 is 14.5 Å². The third-order valence-electron chi connectivity index (χ3n) is 3.85. The molecule has 1 N–H and O–H groups in total. The van der Waals surface area contributed by atoms with Crippen molar-refractivity contribution in [3.05, 3.63) is 100 Å². The molecule has 7 heteroatoms. The average molecular weight is 385 g/mol. The van der Waals surface area contributed by atoms with E-state index in [1.54, 1.807) is 30.3 Å². The minimum absolute atomic E-state index is 0.120. The van der Waals surface area contributed by atoms with Gasteiger partial charge in [0.25, 0.3) is 11.6 Å². The van der Waals surface area contributed by atoms with Crippen LogP contribution < -0.4 is 10.1 Å². The predicted molar refractivity (Wildman–Crippen MR) is 108 cm³/mol. The molecule has 3 aromatic rings. The first-order valence-electron chi connectivity index (χ1n) is 8.56. The smallest absolute Gasteiger partial charge is 0.270 e. The van der Waals surface area contributed by atoms with Crippen molar-refractivity contribution >= 4 is 23.4 Å². The molecular formula is C22H15N3O4. The highest BCUT2D eigenvalue weighted by atomic mass is 16.6. The van der Waals surface area contributed by atoms with E-state index >= 15 is 0 Å². The van der Waals surface area contributed by atoms with E-state index in [9.17, 15) is 20.2 Å². The maximum Gasteiger partial charge on any atom is 0.270 e. The number of ether oxygens (including phenoxy) is 1. The first-order valence-corrected chi connectivity index (χ1v) is 8.56. The van der Waals surface area contributed by atoms with E-state index in [0.29, 0.717) is 22.7 Å². The summed E-state index contributed by atoms with van der Waals surface area (Å²) in [5.74, 6) is 0.675. The van der Waals surface area contributed by atoms with Gasteiger partial charge in [0.2, 0.25) is 0 Å². The average Bonchev–Trinajstić information content (AvgIpc) is 2.74. The number of carbonyl (C=O) groups excluding carboxylic acids is 1. The van der Waals surface area contributed by atoms with Gasteiger partial charge in [0, 0.05) is 17.8 Å². The number of non-ortho nitro benzene ring substituents is 1. The SMILES string of the molecule is N#C/C(=C\c1cccc([N+](=O)[O-])c1)C(=O)Nc1ccc(Oc2ccccc2)cc1. The lowest BCUT2D eigenvalue weighted by Crippen LogP contribution is -2.13. The summed E-state index contributed by atoms with van der Waals surface area (Å²) in [4.78, 5) is 22.7. The highest BCUT2D eigenvalue weighted by Crippen LogP contribution is 2.23. The van der Waals surface area contributed by atoms with Gasteiger partial charge in [-0.2, -0.15) is 5.26 Å². The van der Waals surface area contributed by atoms with Gasteiger partial charge in [0.1, 0.15) is 23.1 Å². The van der Waals surface area contributed by atoms with Gasteiger partial charge in [-0.25, -0.2) is 0 Å². The van der Waals surface area contributed by atoms with Gasteiger partial charge >= 0.3 is 0 Å². The number of nitrogens with zero attached hydrogens (tertiary/aromatic N) is 2. The molecule has 0 aromatic heterocycles. The van der Waals surface area contributed by atoms with Crippen LogP contribution in [-0.4, -0.2) is 10.8 Å². The highest BCUT2D eigenvalue weighted by Gasteiger charge is 2.11. The van der Waals surface area contributed by atoms with Crippen LogP contribution in [0.3, 0.4) is 0 Å². The zero-order valence-electron chi connectivity index (χ0n) is 15.1. The Morgan fingerprint density at radius 2 is 1.69 bits per heavy atom. The summed E-state index contributed by atoms with van der Waals surface area (Å²) in [5, 5.41) is 22.8. The van der Waals surface area contributed by atoms with Crippen molar-refractivity contribution in [2.24, 2.45) is 0 Å². The minimum Gasteiger partial charge on any atom is -0.457 e. The summed E-state index contributed by atoms with van der Waals surface area (Å²) in [7, 11) is 0. The van der Waals surface area contributed by atoms with Crippen LogP contribution in [0.5, 0.6) is 11.5 Å². The minimum atomic E-state index is -0.615. The van der Waals surface area contributed by atoms with Crippen LogP contribution in [0.4, 0.5) is 11.4 Å². The molecule has 0 aliphatic carbocycles. The van der Waals surface area contributed by atoms with Crippen molar-refractivity contribution in [1.82, 2.24) is 0 Å². The lowest BCUT2D eigenvalue weighted by molar-refractivity contribution is -0.384. The number of rotatable bonds is 6. The molecule has 0 unspecified atom stereocenters. The monoisotopic (exact) mass is 385 g/mol. The van der Waals surface area contributed by atoms with Crippen LogP contribution in [0.2, 0.25) is 0 Å². The molecule has 0 heterocycles. The van der Waals surface area contributed by atoms with Crippen LogP contribution >= 0.6 is 0 Å². The molecular weight excluding hydrogens is 370 g/mol. The van der Waals surface area contributed by atoms with Crippen molar-refractivity contribution in [2.45, 2.75) is 0 Å². The molecule has 0 radical (unpaired) electrons. The van der Waals surface area contributed by atoms with Crippen LogP contribution in [0.25, 0.3) is 6.08 Å². The molecule has 3 rings (SSSR count). The highest BCUT2D eigenvalue weighted by molar-refractivity contribution is 6.09. The summed E-state index contributed by atoms with van der Waals surface area (Å²) < 4.78 is 5.68. The zero-order chi connectivity index (χ0) is 20.6. The topological polar surface area (TPSA) is 105 Å². The van der Waals surface area contributed by atoms with Crippen molar-refractivity contribution in [1.29, 1.82) is 5.26 Å². The fraction of sp³-hybridized carbons (Fsp3) is 0. The van der Waals surface area contributed by atoms with Gasteiger partial charge in [0.15, 0.2) is 0 Å². The molecule has 0 spiro atoms. The fourth-order valence-corrected chi connectivity index (χ4v) is 2.47. The second kappa shape index (κ2) is 8.97. The number of nitriles is 1. The van der Waals surface area contributed by atoms with Crippen LogP contribution in [0.1, 0.15) is 5.56 Å². The van der Waals surface area contributed by atoms with E-state index in [1.165, 1.54) is 24.3 Å². The first kappa shape index (κ1) is 19.3. The van der Waals surface area contributed by atoms with Crippen LogP contribution in [0, 0.1) is 21.4 Å². The van der Waals surface area contributed by atoms with Gasteiger partial charge in [0.05, 0.1) is 4.92 Å². The van der Waals surface area contributed by atoms with Crippen LogP contribution in [0.15, 0.2) is 84.4 Å². The summed E-state index contributed by atoms with van der Waals surface area (Å²) >= 11 is 0. The standard InChI is InChI=1S/C22H15N3O4/c23-15-17(13-16-5-4-6-19(14-16)25(27)28)22(26)24-18-9-11-21(12-10-18)29-20-7-2-1-3-8-20/h1-14H,(H,24,26)/b17-13+. The summed E-state index contributed by atoms with van der Waals surface area (Å²) in [5.41, 5.74) is 0.577. The number of hydrogen-bond donors (Lipinski definition) is 1. The molecule has 29 heavy (non-hydrogen) atoms. The molecule has 0 saturated heterocycles. The van der Waals surface area contributed by atoms with E-state index < -0.39 is 10.8 Å². The Kier molecular flexibility index (Phi) is 5.98. The number of benzene rings is 3. The van der Waals surface area contributed by atoms with E-state index in [0.717, 1.165) is 0 Å². The maximum atomic E-state index is 12.4. The predicted octanol–water partition coefficient (Wildman–Crippen LogP) is 4.93. The Hall–Kier alpha value is -4.44. The van der Waals surface area contributed by atoms with Gasteiger partial charge in [-0.15, -0.1) is 0 Å². The molecule has 0 fully saturated rings. The Morgan fingerprint density at radius 3 is 2.34 bits per heavy atom.